The zero-order chi connectivity index (χ0) is 21.9. The van der Waals surface area contributed by atoms with Gasteiger partial charge < -0.3 is 15.4 Å². The van der Waals surface area contributed by atoms with E-state index in [2.05, 4.69) is 9.97 Å². The summed E-state index contributed by atoms with van der Waals surface area (Å²) >= 11 is 0. The van der Waals surface area contributed by atoms with Crippen molar-refractivity contribution in [3.8, 4) is 0 Å². The molecule has 3 aromatic rings. The molecule has 0 saturated carbocycles. The molecule has 1 aromatic carbocycles. The van der Waals surface area contributed by atoms with Gasteiger partial charge in [0.05, 0.1) is 23.8 Å². The first kappa shape index (κ1) is 19.7. The SMILES string of the molecule is C[C@H]1OCc2c1c(N)nc1ccc(C(=O)N3CC(c4ccc(C(F)(F)F)cn4)C3)cc21. The predicted octanol–water partition coefficient (Wildman–Crippen LogP) is 4.06. The summed E-state index contributed by atoms with van der Waals surface area (Å²) in [6, 6.07) is 7.71. The lowest BCUT2D eigenvalue weighted by Gasteiger charge is -2.39. The number of aromatic nitrogens is 2. The molecule has 0 radical (unpaired) electrons. The standard InChI is InChI=1S/C22H19F3N4O2/c1-11-19-16(10-31-11)15-6-12(2-4-18(15)28-20(19)26)21(30)29-8-13(9-29)17-5-3-14(7-27-17)22(23,24)25/h2-7,11,13H,8-10H2,1H3,(H2,26,28)/t11-/m1/s1. The van der Waals surface area contributed by atoms with Gasteiger partial charge in [-0.2, -0.15) is 13.2 Å². The van der Waals surface area contributed by atoms with Crippen LogP contribution in [-0.2, 0) is 17.5 Å². The number of nitrogen functional groups attached to an aromatic ring is 1. The third-order valence-electron chi connectivity index (χ3n) is 6.00. The highest BCUT2D eigenvalue weighted by Gasteiger charge is 2.35. The summed E-state index contributed by atoms with van der Waals surface area (Å²) in [7, 11) is 0. The summed E-state index contributed by atoms with van der Waals surface area (Å²) in [5, 5.41) is 0.848. The summed E-state index contributed by atoms with van der Waals surface area (Å²) < 4.78 is 43.8. The third-order valence-corrected chi connectivity index (χ3v) is 6.00. The number of carbonyl (C=O) groups is 1. The van der Waals surface area contributed by atoms with Gasteiger partial charge in [0.15, 0.2) is 0 Å². The Balaban J connectivity index is 1.34. The number of rotatable bonds is 2. The number of likely N-dealkylation sites (tertiary alicyclic amines) is 1. The van der Waals surface area contributed by atoms with E-state index in [-0.39, 0.29) is 17.9 Å². The van der Waals surface area contributed by atoms with E-state index in [1.165, 1.54) is 6.07 Å². The lowest BCUT2D eigenvalue weighted by Crippen LogP contribution is -2.48. The third kappa shape index (κ3) is 3.29. The zero-order valence-electron chi connectivity index (χ0n) is 16.6. The molecule has 0 bridgehead atoms. The van der Waals surface area contributed by atoms with Gasteiger partial charge in [-0.3, -0.25) is 9.78 Å². The summed E-state index contributed by atoms with van der Waals surface area (Å²) in [6.07, 6.45) is -3.71. The average Bonchev–Trinajstić information content (AvgIpc) is 3.09. The van der Waals surface area contributed by atoms with E-state index < -0.39 is 11.7 Å². The molecule has 1 saturated heterocycles. The van der Waals surface area contributed by atoms with Crippen LogP contribution >= 0.6 is 0 Å². The van der Waals surface area contributed by atoms with Crippen LogP contribution in [0.5, 0.6) is 0 Å². The second kappa shape index (κ2) is 6.91. The smallest absolute Gasteiger partial charge is 0.383 e. The lowest BCUT2D eigenvalue weighted by molar-refractivity contribution is -0.137. The Kier molecular flexibility index (Phi) is 4.40. The van der Waals surface area contributed by atoms with Crippen LogP contribution in [0.2, 0.25) is 0 Å². The highest BCUT2D eigenvalue weighted by molar-refractivity contribution is 5.99. The number of pyridine rings is 2. The molecule has 1 amide bonds. The Morgan fingerprint density at radius 2 is 2.00 bits per heavy atom. The van der Waals surface area contributed by atoms with Crippen LogP contribution in [0.25, 0.3) is 10.9 Å². The monoisotopic (exact) mass is 428 g/mol. The Morgan fingerprint density at radius 3 is 2.68 bits per heavy atom. The molecular weight excluding hydrogens is 409 g/mol. The molecule has 0 aliphatic carbocycles. The Morgan fingerprint density at radius 1 is 1.23 bits per heavy atom. The van der Waals surface area contributed by atoms with Crippen molar-refractivity contribution in [2.45, 2.75) is 31.7 Å². The Labute approximate surface area is 175 Å². The fourth-order valence-corrected chi connectivity index (χ4v) is 4.23. The molecule has 2 aliphatic rings. The zero-order valence-corrected chi connectivity index (χ0v) is 16.6. The van der Waals surface area contributed by atoms with E-state index in [1.54, 1.807) is 17.0 Å². The first-order valence-corrected chi connectivity index (χ1v) is 9.88. The quantitative estimate of drug-likeness (QED) is 0.666. The highest BCUT2D eigenvalue weighted by Crippen LogP contribution is 2.38. The van der Waals surface area contributed by atoms with Crippen LogP contribution in [0.4, 0.5) is 19.0 Å². The van der Waals surface area contributed by atoms with Crippen molar-refractivity contribution in [2.75, 3.05) is 18.8 Å². The fraction of sp³-hybridized carbons (Fsp3) is 0.318. The van der Waals surface area contributed by atoms with Crippen molar-refractivity contribution < 1.29 is 22.7 Å². The predicted molar refractivity (Wildman–Crippen MR) is 107 cm³/mol. The fourth-order valence-electron chi connectivity index (χ4n) is 4.23. The van der Waals surface area contributed by atoms with E-state index in [4.69, 9.17) is 10.5 Å². The van der Waals surface area contributed by atoms with Gasteiger partial charge in [-0.05, 0) is 42.8 Å². The summed E-state index contributed by atoms with van der Waals surface area (Å²) in [5.74, 6) is 0.232. The maximum atomic E-state index is 12.9. The van der Waals surface area contributed by atoms with Crippen molar-refractivity contribution in [1.82, 2.24) is 14.9 Å². The van der Waals surface area contributed by atoms with Gasteiger partial charge in [0, 0.05) is 47.4 Å². The maximum absolute atomic E-state index is 12.9. The molecule has 2 N–H and O–H groups in total. The Hall–Kier alpha value is -3.20. The van der Waals surface area contributed by atoms with Crippen molar-refractivity contribution >= 4 is 22.6 Å². The second-order valence-corrected chi connectivity index (χ2v) is 7.95. The Bertz CT molecular complexity index is 1190. The summed E-state index contributed by atoms with van der Waals surface area (Å²) in [5.41, 5.74) is 8.92. The van der Waals surface area contributed by atoms with Gasteiger partial charge in [-0.25, -0.2) is 4.98 Å². The minimum atomic E-state index is -4.41. The number of nitrogens with zero attached hydrogens (tertiary/aromatic N) is 3. The molecule has 2 aliphatic heterocycles. The van der Waals surface area contributed by atoms with Crippen LogP contribution in [0.3, 0.4) is 0 Å². The minimum absolute atomic E-state index is 0.0772. The number of alkyl halides is 3. The topological polar surface area (TPSA) is 81.3 Å². The second-order valence-electron chi connectivity index (χ2n) is 7.95. The van der Waals surface area contributed by atoms with Gasteiger partial charge >= 0.3 is 6.18 Å². The van der Waals surface area contributed by atoms with Crippen LogP contribution in [0, 0.1) is 0 Å². The molecule has 6 nitrogen and oxygen atoms in total. The lowest BCUT2D eigenvalue weighted by atomic mass is 9.94. The minimum Gasteiger partial charge on any atom is -0.383 e. The molecule has 5 rings (SSSR count). The number of hydrogen-bond donors (Lipinski definition) is 1. The van der Waals surface area contributed by atoms with Gasteiger partial charge in [0.2, 0.25) is 0 Å². The van der Waals surface area contributed by atoms with E-state index >= 15 is 0 Å². The van der Waals surface area contributed by atoms with Crippen molar-refractivity contribution in [1.29, 1.82) is 0 Å². The van der Waals surface area contributed by atoms with Crippen LogP contribution in [0.15, 0.2) is 36.5 Å². The van der Waals surface area contributed by atoms with Crippen LogP contribution in [0.1, 0.15) is 51.7 Å². The van der Waals surface area contributed by atoms with E-state index in [0.29, 0.717) is 42.3 Å². The van der Waals surface area contributed by atoms with Gasteiger partial charge in [0.25, 0.3) is 5.91 Å². The molecule has 2 aromatic heterocycles. The maximum Gasteiger partial charge on any atom is 0.417 e. The first-order valence-electron chi connectivity index (χ1n) is 9.88. The number of hydrogen-bond acceptors (Lipinski definition) is 5. The normalized spacial score (nSPS) is 18.8. The summed E-state index contributed by atoms with van der Waals surface area (Å²) in [4.78, 5) is 23.0. The first-order chi connectivity index (χ1) is 14.7. The van der Waals surface area contributed by atoms with E-state index in [1.807, 2.05) is 13.0 Å². The van der Waals surface area contributed by atoms with Crippen LogP contribution in [-0.4, -0.2) is 33.9 Å². The van der Waals surface area contributed by atoms with Gasteiger partial charge in [0.1, 0.15) is 5.82 Å². The molecule has 0 unspecified atom stereocenters. The number of carbonyl (C=O) groups excluding carboxylic acids is 1. The number of anilines is 1. The number of fused-ring (bicyclic) bond motifs is 3. The van der Waals surface area contributed by atoms with Gasteiger partial charge in [-0.15, -0.1) is 0 Å². The van der Waals surface area contributed by atoms with Crippen LogP contribution < -0.4 is 5.73 Å². The highest BCUT2D eigenvalue weighted by atomic mass is 19.4. The van der Waals surface area contributed by atoms with E-state index in [0.717, 1.165) is 28.8 Å². The summed E-state index contributed by atoms with van der Waals surface area (Å²) in [6.45, 7) is 3.16. The molecule has 0 spiro atoms. The number of amides is 1. The van der Waals surface area contributed by atoms with E-state index in [9.17, 15) is 18.0 Å². The molecule has 9 heteroatoms. The number of benzene rings is 1. The molecular formula is C22H19F3N4O2. The van der Waals surface area contributed by atoms with Gasteiger partial charge in [-0.1, -0.05) is 0 Å². The van der Waals surface area contributed by atoms with Crippen molar-refractivity contribution in [2.24, 2.45) is 0 Å². The van der Waals surface area contributed by atoms with Crippen molar-refractivity contribution in [3.63, 3.8) is 0 Å². The molecule has 1 fully saturated rings. The molecule has 4 heterocycles. The number of halogens is 3. The molecule has 1 atom stereocenters. The number of nitrogens with two attached hydrogens (primary N) is 1. The average molecular weight is 428 g/mol. The number of ether oxygens (including phenoxy) is 1. The van der Waals surface area contributed by atoms with Crippen molar-refractivity contribution in [3.05, 3.63) is 64.5 Å². The molecule has 31 heavy (non-hydrogen) atoms. The largest absolute Gasteiger partial charge is 0.417 e. The molecule has 160 valence electrons.